The van der Waals surface area contributed by atoms with E-state index in [0.717, 1.165) is 32.2 Å². The zero-order valence-corrected chi connectivity index (χ0v) is 10.1. The van der Waals surface area contributed by atoms with Gasteiger partial charge in [-0.05, 0) is 44.7 Å². The van der Waals surface area contributed by atoms with E-state index in [9.17, 15) is 0 Å². The van der Waals surface area contributed by atoms with E-state index in [-0.39, 0.29) is 0 Å². The van der Waals surface area contributed by atoms with E-state index in [1.54, 1.807) is 0 Å². The van der Waals surface area contributed by atoms with Crippen LogP contribution in [0.3, 0.4) is 0 Å². The van der Waals surface area contributed by atoms with Gasteiger partial charge in [0.25, 0.3) is 0 Å². The Kier molecular flexibility index (Phi) is 6.98. The highest BCUT2D eigenvalue weighted by Crippen LogP contribution is 2.10. The Morgan fingerprint density at radius 1 is 1.27 bits per heavy atom. The monoisotopic (exact) mass is 214 g/mol. The van der Waals surface area contributed by atoms with Gasteiger partial charge in [-0.15, -0.1) is 0 Å². The molecule has 0 bridgehead atoms. The van der Waals surface area contributed by atoms with Crippen molar-refractivity contribution in [2.24, 2.45) is 11.7 Å². The van der Waals surface area contributed by atoms with Crippen molar-refractivity contribution in [2.75, 3.05) is 39.4 Å². The summed E-state index contributed by atoms with van der Waals surface area (Å²) >= 11 is 0. The van der Waals surface area contributed by atoms with Crippen molar-refractivity contribution in [3.8, 4) is 0 Å². The average Bonchev–Trinajstić information content (AvgIpc) is 2.47. The summed E-state index contributed by atoms with van der Waals surface area (Å²) in [6.45, 7) is 8.56. The Balaban J connectivity index is 2.02. The molecule has 2 N–H and O–H groups in total. The van der Waals surface area contributed by atoms with Crippen LogP contribution < -0.4 is 5.73 Å². The van der Waals surface area contributed by atoms with Gasteiger partial charge in [0.2, 0.25) is 0 Å². The Morgan fingerprint density at radius 2 is 2.13 bits per heavy atom. The van der Waals surface area contributed by atoms with Crippen LogP contribution >= 0.6 is 0 Å². The van der Waals surface area contributed by atoms with Gasteiger partial charge < -0.3 is 15.4 Å². The number of nitrogens with zero attached hydrogens (tertiary/aromatic N) is 1. The first-order valence-corrected chi connectivity index (χ1v) is 6.33. The molecule has 0 radical (unpaired) electrons. The zero-order valence-electron chi connectivity index (χ0n) is 10.1. The molecule has 1 fully saturated rings. The summed E-state index contributed by atoms with van der Waals surface area (Å²) in [6, 6.07) is 0. The zero-order chi connectivity index (χ0) is 10.9. The van der Waals surface area contributed by atoms with Crippen molar-refractivity contribution in [2.45, 2.75) is 32.6 Å². The van der Waals surface area contributed by atoms with Crippen LogP contribution in [0.2, 0.25) is 0 Å². The molecule has 1 aliphatic rings. The molecule has 1 unspecified atom stereocenters. The maximum atomic E-state index is 5.54. The molecule has 90 valence electrons. The first kappa shape index (κ1) is 12.9. The van der Waals surface area contributed by atoms with E-state index in [2.05, 4.69) is 11.8 Å². The summed E-state index contributed by atoms with van der Waals surface area (Å²) in [7, 11) is 0. The van der Waals surface area contributed by atoms with Gasteiger partial charge in [-0.2, -0.15) is 0 Å². The molecule has 0 saturated carbocycles. The summed E-state index contributed by atoms with van der Waals surface area (Å²) in [5.74, 6) is 0.790. The Bertz CT molecular complexity index is 145. The van der Waals surface area contributed by atoms with Crippen LogP contribution in [0.4, 0.5) is 0 Å². The van der Waals surface area contributed by atoms with Crippen LogP contribution in [0.25, 0.3) is 0 Å². The second kappa shape index (κ2) is 8.08. The topological polar surface area (TPSA) is 38.5 Å². The summed E-state index contributed by atoms with van der Waals surface area (Å²) in [5.41, 5.74) is 5.54. The molecule has 3 nitrogen and oxygen atoms in total. The minimum Gasteiger partial charge on any atom is -0.380 e. The van der Waals surface area contributed by atoms with E-state index < -0.39 is 0 Å². The van der Waals surface area contributed by atoms with Gasteiger partial charge in [0.05, 0.1) is 6.61 Å². The van der Waals surface area contributed by atoms with Crippen LogP contribution in [-0.2, 0) is 4.74 Å². The molecular weight excluding hydrogens is 188 g/mol. The van der Waals surface area contributed by atoms with E-state index in [0.29, 0.717) is 0 Å². The van der Waals surface area contributed by atoms with Crippen molar-refractivity contribution in [3.63, 3.8) is 0 Å². The smallest absolute Gasteiger partial charge is 0.0593 e. The van der Waals surface area contributed by atoms with Gasteiger partial charge in [-0.3, -0.25) is 0 Å². The van der Waals surface area contributed by atoms with Gasteiger partial charge in [-0.1, -0.05) is 6.92 Å². The largest absolute Gasteiger partial charge is 0.380 e. The molecule has 1 heterocycles. The van der Waals surface area contributed by atoms with Crippen molar-refractivity contribution < 1.29 is 4.74 Å². The summed E-state index contributed by atoms with van der Waals surface area (Å²) in [6.07, 6.45) is 4.98. The first-order chi connectivity index (χ1) is 7.33. The van der Waals surface area contributed by atoms with Gasteiger partial charge in [0.15, 0.2) is 0 Å². The molecule has 0 aromatic heterocycles. The molecule has 0 aromatic rings. The van der Waals surface area contributed by atoms with Gasteiger partial charge >= 0.3 is 0 Å². The van der Waals surface area contributed by atoms with E-state index in [1.165, 1.54) is 38.8 Å². The SMILES string of the molecule is CC(CCN)CCCN1CCCOCC1. The molecule has 0 amide bonds. The molecule has 1 saturated heterocycles. The summed E-state index contributed by atoms with van der Waals surface area (Å²) in [5, 5.41) is 0. The number of hydrogen-bond donors (Lipinski definition) is 1. The van der Waals surface area contributed by atoms with Crippen molar-refractivity contribution in [1.82, 2.24) is 4.90 Å². The maximum Gasteiger partial charge on any atom is 0.0593 e. The summed E-state index contributed by atoms with van der Waals surface area (Å²) < 4.78 is 5.43. The van der Waals surface area contributed by atoms with Gasteiger partial charge in [-0.25, -0.2) is 0 Å². The predicted molar refractivity (Wildman–Crippen MR) is 63.9 cm³/mol. The normalized spacial score (nSPS) is 21.2. The number of rotatable bonds is 6. The molecule has 1 rings (SSSR count). The number of ether oxygens (including phenoxy) is 1. The lowest BCUT2D eigenvalue weighted by atomic mass is 10.0. The Hall–Kier alpha value is -0.120. The lowest BCUT2D eigenvalue weighted by Gasteiger charge is -2.19. The van der Waals surface area contributed by atoms with Crippen LogP contribution in [0.15, 0.2) is 0 Å². The second-order valence-electron chi connectivity index (χ2n) is 4.63. The predicted octanol–water partition coefficient (Wildman–Crippen LogP) is 1.47. The first-order valence-electron chi connectivity index (χ1n) is 6.33. The third kappa shape index (κ3) is 6.13. The summed E-state index contributed by atoms with van der Waals surface area (Å²) in [4.78, 5) is 2.53. The van der Waals surface area contributed by atoms with Crippen molar-refractivity contribution in [1.29, 1.82) is 0 Å². The second-order valence-corrected chi connectivity index (χ2v) is 4.63. The fraction of sp³-hybridized carbons (Fsp3) is 1.00. The van der Waals surface area contributed by atoms with Crippen LogP contribution in [0, 0.1) is 5.92 Å². The highest BCUT2D eigenvalue weighted by molar-refractivity contribution is 4.62. The van der Waals surface area contributed by atoms with Crippen LogP contribution in [-0.4, -0.2) is 44.3 Å². The molecule has 1 atom stereocenters. The van der Waals surface area contributed by atoms with E-state index >= 15 is 0 Å². The van der Waals surface area contributed by atoms with Crippen LogP contribution in [0.5, 0.6) is 0 Å². The molecule has 15 heavy (non-hydrogen) atoms. The molecule has 3 heteroatoms. The Morgan fingerprint density at radius 3 is 2.93 bits per heavy atom. The third-order valence-corrected chi connectivity index (χ3v) is 3.15. The van der Waals surface area contributed by atoms with Crippen molar-refractivity contribution >= 4 is 0 Å². The molecule has 0 spiro atoms. The highest BCUT2D eigenvalue weighted by Gasteiger charge is 2.09. The number of hydrogen-bond acceptors (Lipinski definition) is 3. The molecular formula is C12H26N2O. The highest BCUT2D eigenvalue weighted by atomic mass is 16.5. The van der Waals surface area contributed by atoms with Gasteiger partial charge in [0, 0.05) is 19.7 Å². The molecule has 1 aliphatic heterocycles. The van der Waals surface area contributed by atoms with E-state index in [4.69, 9.17) is 10.5 Å². The average molecular weight is 214 g/mol. The Labute approximate surface area is 94.0 Å². The third-order valence-electron chi connectivity index (χ3n) is 3.15. The standard InChI is InChI=1S/C12H26N2O/c1-12(5-6-13)4-2-7-14-8-3-10-15-11-9-14/h12H,2-11,13H2,1H3. The fourth-order valence-electron chi connectivity index (χ4n) is 2.11. The minimum absolute atomic E-state index is 0.790. The fourth-order valence-corrected chi connectivity index (χ4v) is 2.11. The van der Waals surface area contributed by atoms with Crippen molar-refractivity contribution in [3.05, 3.63) is 0 Å². The molecule has 0 aliphatic carbocycles. The quantitative estimate of drug-likeness (QED) is 0.728. The van der Waals surface area contributed by atoms with Gasteiger partial charge in [0.1, 0.15) is 0 Å². The van der Waals surface area contributed by atoms with E-state index in [1.807, 2.05) is 0 Å². The van der Waals surface area contributed by atoms with Crippen LogP contribution in [0.1, 0.15) is 32.6 Å². The maximum absolute atomic E-state index is 5.54. The lowest BCUT2D eigenvalue weighted by Crippen LogP contribution is -2.27. The minimum atomic E-state index is 0.790. The number of nitrogens with two attached hydrogens (primary N) is 1. The molecule has 0 aromatic carbocycles. The lowest BCUT2D eigenvalue weighted by molar-refractivity contribution is 0.141.